The third-order valence-electron chi connectivity index (χ3n) is 6.86. The summed E-state index contributed by atoms with van der Waals surface area (Å²) in [5.41, 5.74) is -0.273. The van der Waals surface area contributed by atoms with Crippen LogP contribution < -0.4 is 10.2 Å². The van der Waals surface area contributed by atoms with E-state index < -0.39 is 17.6 Å². The topological polar surface area (TPSA) is 84.4 Å². The fourth-order valence-electron chi connectivity index (χ4n) is 5.28. The van der Waals surface area contributed by atoms with Crippen LogP contribution in [0.25, 0.3) is 16.8 Å². The van der Waals surface area contributed by atoms with E-state index in [1.807, 2.05) is 0 Å². The molecule has 1 saturated heterocycles. The van der Waals surface area contributed by atoms with Gasteiger partial charge in [-0.25, -0.2) is 8.91 Å². The fraction of sp³-hybridized carbons (Fsp3) is 0.391. The van der Waals surface area contributed by atoms with E-state index in [1.165, 1.54) is 10.6 Å². The van der Waals surface area contributed by atoms with Crippen molar-refractivity contribution in [2.24, 2.45) is 11.8 Å². The Labute approximate surface area is 197 Å². The standard InChI is InChI=1S/C23H21F4N7O/c1-12-28-22(35-32-12)33-10-14-4-5-15(11-33)19(14)29-21-30-20-16(3-2-8-34(20)31-21)13-6-7-18(24)17(9-13)23(25,26)27/h2-3,6-9,14-15,19H,4-5,10-11H2,1H3,(H,29,31)/t14-,15?,19?/m0/s1. The molecule has 6 rings (SSSR count). The van der Waals surface area contributed by atoms with Crippen LogP contribution in [-0.4, -0.2) is 43.9 Å². The highest BCUT2D eigenvalue weighted by Gasteiger charge is 2.43. The van der Waals surface area contributed by atoms with E-state index >= 15 is 0 Å². The average molecular weight is 487 g/mol. The van der Waals surface area contributed by atoms with Crippen molar-refractivity contribution in [3.8, 4) is 11.1 Å². The Kier molecular flexibility index (Phi) is 4.94. The maximum Gasteiger partial charge on any atom is 0.419 e. The molecular formula is C23H21F4N7O. The molecule has 1 N–H and O–H groups in total. The zero-order chi connectivity index (χ0) is 24.3. The summed E-state index contributed by atoms with van der Waals surface area (Å²) in [7, 11) is 0. The summed E-state index contributed by atoms with van der Waals surface area (Å²) in [6.45, 7) is 3.32. The van der Waals surface area contributed by atoms with Gasteiger partial charge >= 0.3 is 12.2 Å². The first kappa shape index (κ1) is 21.8. The van der Waals surface area contributed by atoms with Crippen molar-refractivity contribution < 1.29 is 22.1 Å². The van der Waals surface area contributed by atoms with Crippen LogP contribution in [0.5, 0.6) is 0 Å². The van der Waals surface area contributed by atoms with Gasteiger partial charge in [-0.3, -0.25) is 0 Å². The molecular weight excluding hydrogens is 466 g/mol. The molecule has 1 aliphatic carbocycles. The minimum absolute atomic E-state index is 0.152. The summed E-state index contributed by atoms with van der Waals surface area (Å²) in [5, 5.41) is 11.8. The number of aromatic nitrogens is 5. The molecule has 4 aromatic rings. The summed E-state index contributed by atoms with van der Waals surface area (Å²) in [6, 6.07) is 6.96. The van der Waals surface area contributed by atoms with Gasteiger partial charge in [0.1, 0.15) is 5.82 Å². The van der Waals surface area contributed by atoms with Gasteiger partial charge in [-0.2, -0.15) is 23.1 Å². The molecule has 182 valence electrons. The number of anilines is 2. The van der Waals surface area contributed by atoms with E-state index in [-0.39, 0.29) is 11.6 Å². The molecule has 2 fully saturated rings. The minimum atomic E-state index is -4.79. The second kappa shape index (κ2) is 7.92. The zero-order valence-corrected chi connectivity index (χ0v) is 18.6. The van der Waals surface area contributed by atoms with Crippen LogP contribution >= 0.6 is 0 Å². The Hall–Kier alpha value is -3.70. The third kappa shape index (κ3) is 3.86. The molecule has 3 atom stereocenters. The highest BCUT2D eigenvalue weighted by atomic mass is 19.4. The van der Waals surface area contributed by atoms with E-state index in [1.54, 1.807) is 25.3 Å². The molecule has 2 aliphatic rings. The van der Waals surface area contributed by atoms with Gasteiger partial charge in [0.15, 0.2) is 11.5 Å². The molecule has 0 amide bonds. The molecule has 8 nitrogen and oxygen atoms in total. The number of pyridine rings is 1. The van der Waals surface area contributed by atoms with Gasteiger partial charge in [0.05, 0.1) is 5.56 Å². The van der Waals surface area contributed by atoms with Crippen molar-refractivity contribution >= 4 is 17.6 Å². The number of alkyl halides is 3. The van der Waals surface area contributed by atoms with Crippen molar-refractivity contribution in [1.29, 1.82) is 0 Å². The first-order chi connectivity index (χ1) is 16.8. The van der Waals surface area contributed by atoms with Gasteiger partial charge in [-0.1, -0.05) is 11.2 Å². The summed E-state index contributed by atoms with van der Waals surface area (Å²) < 4.78 is 60.4. The number of fused-ring (bicyclic) bond motifs is 3. The summed E-state index contributed by atoms with van der Waals surface area (Å²) in [4.78, 5) is 11.0. The van der Waals surface area contributed by atoms with Crippen molar-refractivity contribution in [2.75, 3.05) is 23.3 Å². The van der Waals surface area contributed by atoms with Crippen LogP contribution in [0, 0.1) is 24.6 Å². The Morgan fingerprint density at radius 2 is 1.86 bits per heavy atom. The number of aryl methyl sites for hydroxylation is 1. The number of hydrogen-bond acceptors (Lipinski definition) is 7. The molecule has 2 unspecified atom stereocenters. The lowest BCUT2D eigenvalue weighted by atomic mass is 9.92. The summed E-state index contributed by atoms with van der Waals surface area (Å²) in [6.07, 6.45) is -1.03. The third-order valence-corrected chi connectivity index (χ3v) is 6.86. The van der Waals surface area contributed by atoms with Crippen molar-refractivity contribution in [2.45, 2.75) is 32.0 Å². The van der Waals surface area contributed by atoms with Crippen LogP contribution in [0.15, 0.2) is 41.1 Å². The summed E-state index contributed by atoms with van der Waals surface area (Å²) >= 11 is 0. The number of nitrogens with one attached hydrogen (secondary N) is 1. The van der Waals surface area contributed by atoms with Crippen LogP contribution in [0.4, 0.5) is 29.5 Å². The van der Waals surface area contributed by atoms with Gasteiger partial charge in [-0.15, -0.1) is 5.10 Å². The molecule has 3 aromatic heterocycles. The van der Waals surface area contributed by atoms with Crippen LogP contribution in [-0.2, 0) is 6.18 Å². The number of nitrogens with zero attached hydrogens (tertiary/aromatic N) is 6. The second-order valence-corrected chi connectivity index (χ2v) is 9.11. The molecule has 2 bridgehead atoms. The Morgan fingerprint density at radius 1 is 1.09 bits per heavy atom. The molecule has 35 heavy (non-hydrogen) atoms. The molecule has 1 aliphatic heterocycles. The normalized spacial score (nSPS) is 22.2. The van der Waals surface area contributed by atoms with Gasteiger partial charge in [0, 0.05) is 30.9 Å². The number of hydrogen-bond donors (Lipinski definition) is 1. The molecule has 4 heterocycles. The maximum atomic E-state index is 13.8. The largest absolute Gasteiger partial charge is 0.419 e. The first-order valence-corrected chi connectivity index (χ1v) is 11.3. The Bertz CT molecular complexity index is 1380. The van der Waals surface area contributed by atoms with Gasteiger partial charge in [-0.05, 0) is 61.4 Å². The van der Waals surface area contributed by atoms with Crippen LogP contribution in [0.3, 0.4) is 0 Å². The fourth-order valence-corrected chi connectivity index (χ4v) is 5.28. The first-order valence-electron chi connectivity index (χ1n) is 11.3. The maximum absolute atomic E-state index is 13.8. The second-order valence-electron chi connectivity index (χ2n) is 9.11. The predicted molar refractivity (Wildman–Crippen MR) is 118 cm³/mol. The molecule has 0 radical (unpaired) electrons. The molecule has 1 saturated carbocycles. The number of piperidine rings is 1. The van der Waals surface area contributed by atoms with Crippen LogP contribution in [0.1, 0.15) is 24.2 Å². The SMILES string of the molecule is Cc1noc(N2CC3CC[C@@H](C2)C3Nc2nc3c(-c4ccc(F)c(C(F)(F)F)c4)cccn3n2)n1. The molecule has 12 heteroatoms. The van der Waals surface area contributed by atoms with Crippen molar-refractivity contribution in [3.05, 3.63) is 53.7 Å². The minimum Gasteiger partial charge on any atom is -0.349 e. The number of benzene rings is 1. The molecule has 0 spiro atoms. The van der Waals surface area contributed by atoms with E-state index in [4.69, 9.17) is 4.52 Å². The van der Waals surface area contributed by atoms with E-state index in [2.05, 4.69) is 30.4 Å². The van der Waals surface area contributed by atoms with Crippen molar-refractivity contribution in [1.82, 2.24) is 24.7 Å². The number of halogens is 4. The smallest absolute Gasteiger partial charge is 0.349 e. The van der Waals surface area contributed by atoms with Gasteiger partial charge in [0.2, 0.25) is 5.95 Å². The highest BCUT2D eigenvalue weighted by molar-refractivity contribution is 5.78. The van der Waals surface area contributed by atoms with Crippen LogP contribution in [0.2, 0.25) is 0 Å². The Morgan fingerprint density at radius 3 is 2.54 bits per heavy atom. The highest BCUT2D eigenvalue weighted by Crippen LogP contribution is 2.40. The lowest BCUT2D eigenvalue weighted by Gasteiger charge is -2.37. The Balaban J connectivity index is 1.27. The lowest BCUT2D eigenvalue weighted by Crippen LogP contribution is -2.48. The van der Waals surface area contributed by atoms with E-state index in [9.17, 15) is 17.6 Å². The average Bonchev–Trinajstić information content (AvgIpc) is 3.48. The summed E-state index contributed by atoms with van der Waals surface area (Å²) in [5.74, 6) is 0.354. The predicted octanol–water partition coefficient (Wildman–Crippen LogP) is 4.57. The van der Waals surface area contributed by atoms with E-state index in [0.717, 1.165) is 38.1 Å². The number of rotatable bonds is 4. The zero-order valence-electron chi connectivity index (χ0n) is 18.6. The quantitative estimate of drug-likeness (QED) is 0.422. The lowest BCUT2D eigenvalue weighted by molar-refractivity contribution is -0.139. The van der Waals surface area contributed by atoms with Gasteiger partial charge < -0.3 is 14.7 Å². The van der Waals surface area contributed by atoms with Gasteiger partial charge in [0.25, 0.3) is 0 Å². The molecule has 1 aromatic carbocycles. The monoisotopic (exact) mass is 487 g/mol. The van der Waals surface area contributed by atoms with E-state index in [0.29, 0.717) is 40.8 Å². The van der Waals surface area contributed by atoms with Crippen molar-refractivity contribution in [3.63, 3.8) is 0 Å².